The van der Waals surface area contributed by atoms with E-state index in [0.29, 0.717) is 21.5 Å². The van der Waals surface area contributed by atoms with Gasteiger partial charge in [-0.1, -0.05) is 12.1 Å². The van der Waals surface area contributed by atoms with E-state index in [4.69, 9.17) is 14.6 Å². The highest BCUT2D eigenvalue weighted by molar-refractivity contribution is 9.10. The first-order valence-corrected chi connectivity index (χ1v) is 6.78. The lowest BCUT2D eigenvalue weighted by atomic mass is 10.2. The van der Waals surface area contributed by atoms with Gasteiger partial charge in [-0.15, -0.1) is 0 Å². The van der Waals surface area contributed by atoms with Crippen molar-refractivity contribution < 1.29 is 19.0 Å². The average Bonchev–Trinajstić information content (AvgIpc) is 2.45. The van der Waals surface area contributed by atoms with Crippen LogP contribution in [-0.4, -0.2) is 12.2 Å². The molecule has 1 N–H and O–H groups in total. The highest BCUT2D eigenvalue weighted by atomic mass is 79.9. The quantitative estimate of drug-likeness (QED) is 0.902. The van der Waals surface area contributed by atoms with Crippen LogP contribution >= 0.6 is 15.9 Å². The molecule has 0 heterocycles. The molecule has 3 nitrogen and oxygen atoms in total. The van der Waals surface area contributed by atoms with Gasteiger partial charge in [0, 0.05) is 0 Å². The van der Waals surface area contributed by atoms with Crippen molar-refractivity contribution in [2.45, 2.75) is 13.2 Å². The maximum absolute atomic E-state index is 13.1. The SMILES string of the molecule is COc1cc(CO)cc(Br)c1OCc1cccc(F)c1. The van der Waals surface area contributed by atoms with Gasteiger partial charge in [0.2, 0.25) is 0 Å². The van der Waals surface area contributed by atoms with Crippen LogP contribution in [0.5, 0.6) is 11.5 Å². The highest BCUT2D eigenvalue weighted by Crippen LogP contribution is 2.37. The van der Waals surface area contributed by atoms with Crippen molar-refractivity contribution in [3.63, 3.8) is 0 Å². The summed E-state index contributed by atoms with van der Waals surface area (Å²) in [5, 5.41) is 9.15. The van der Waals surface area contributed by atoms with E-state index in [2.05, 4.69) is 15.9 Å². The lowest BCUT2D eigenvalue weighted by Crippen LogP contribution is -2.00. The van der Waals surface area contributed by atoms with Gasteiger partial charge in [0.25, 0.3) is 0 Å². The van der Waals surface area contributed by atoms with Gasteiger partial charge < -0.3 is 14.6 Å². The van der Waals surface area contributed by atoms with Crippen LogP contribution in [0.1, 0.15) is 11.1 Å². The molecule has 2 rings (SSSR count). The Morgan fingerprint density at radius 1 is 1.20 bits per heavy atom. The zero-order valence-electron chi connectivity index (χ0n) is 10.9. The lowest BCUT2D eigenvalue weighted by molar-refractivity contribution is 0.273. The van der Waals surface area contributed by atoms with E-state index in [1.165, 1.54) is 19.2 Å². The van der Waals surface area contributed by atoms with Crippen molar-refractivity contribution in [3.05, 3.63) is 57.8 Å². The van der Waals surface area contributed by atoms with Crippen molar-refractivity contribution in [2.75, 3.05) is 7.11 Å². The van der Waals surface area contributed by atoms with E-state index in [1.807, 2.05) is 0 Å². The van der Waals surface area contributed by atoms with E-state index >= 15 is 0 Å². The van der Waals surface area contributed by atoms with Gasteiger partial charge in [0.05, 0.1) is 18.2 Å². The van der Waals surface area contributed by atoms with Gasteiger partial charge in [-0.05, 0) is 51.3 Å². The molecule has 0 aliphatic heterocycles. The number of hydrogen-bond donors (Lipinski definition) is 1. The Hall–Kier alpha value is -1.59. The minimum atomic E-state index is -0.298. The zero-order valence-corrected chi connectivity index (χ0v) is 12.5. The van der Waals surface area contributed by atoms with E-state index in [0.717, 1.165) is 5.56 Å². The summed E-state index contributed by atoms with van der Waals surface area (Å²) in [6.07, 6.45) is 0. The van der Waals surface area contributed by atoms with Gasteiger partial charge in [0.1, 0.15) is 12.4 Å². The first-order valence-electron chi connectivity index (χ1n) is 5.98. The zero-order chi connectivity index (χ0) is 14.5. The Balaban J connectivity index is 2.20. The molecule has 0 radical (unpaired) electrons. The fourth-order valence-corrected chi connectivity index (χ4v) is 2.39. The molecule has 2 aromatic carbocycles. The Kier molecular flexibility index (Phi) is 4.98. The first kappa shape index (κ1) is 14.8. The number of methoxy groups -OCH3 is 1. The van der Waals surface area contributed by atoms with Crippen LogP contribution in [0.3, 0.4) is 0 Å². The molecule has 0 aliphatic rings. The summed E-state index contributed by atoms with van der Waals surface area (Å²) < 4.78 is 24.7. The fourth-order valence-electron chi connectivity index (χ4n) is 1.79. The number of hydrogen-bond acceptors (Lipinski definition) is 3. The molecule has 0 aliphatic carbocycles. The molecule has 5 heteroatoms. The highest BCUT2D eigenvalue weighted by Gasteiger charge is 2.11. The van der Waals surface area contributed by atoms with E-state index in [9.17, 15) is 4.39 Å². The number of rotatable bonds is 5. The summed E-state index contributed by atoms with van der Waals surface area (Å²) in [6.45, 7) is 0.143. The fraction of sp³-hybridized carbons (Fsp3) is 0.200. The van der Waals surface area contributed by atoms with Crippen LogP contribution in [0.4, 0.5) is 4.39 Å². The number of aliphatic hydroxyl groups excluding tert-OH is 1. The Morgan fingerprint density at radius 2 is 2.00 bits per heavy atom. The van der Waals surface area contributed by atoms with E-state index < -0.39 is 0 Å². The summed E-state index contributed by atoms with van der Waals surface area (Å²) in [4.78, 5) is 0. The monoisotopic (exact) mass is 340 g/mol. The molecule has 0 amide bonds. The lowest BCUT2D eigenvalue weighted by Gasteiger charge is -2.14. The van der Waals surface area contributed by atoms with Crippen molar-refractivity contribution in [1.29, 1.82) is 0 Å². The summed E-state index contributed by atoms with van der Waals surface area (Å²) in [6, 6.07) is 9.67. The second kappa shape index (κ2) is 6.72. The number of ether oxygens (including phenoxy) is 2. The standard InChI is InChI=1S/C15H14BrFO3/c1-19-14-7-11(8-18)6-13(16)15(14)20-9-10-3-2-4-12(17)5-10/h2-7,18H,8-9H2,1H3. The largest absolute Gasteiger partial charge is 0.493 e. The van der Waals surface area contributed by atoms with Crippen molar-refractivity contribution in [1.82, 2.24) is 0 Å². The van der Waals surface area contributed by atoms with Crippen molar-refractivity contribution >= 4 is 15.9 Å². The molecule has 0 atom stereocenters. The van der Waals surface area contributed by atoms with Gasteiger partial charge in [0.15, 0.2) is 11.5 Å². The second-order valence-electron chi connectivity index (χ2n) is 4.19. The molecule has 0 bridgehead atoms. The summed E-state index contributed by atoms with van der Waals surface area (Å²) >= 11 is 3.38. The number of aliphatic hydroxyl groups is 1. The minimum Gasteiger partial charge on any atom is -0.493 e. The molecule has 0 unspecified atom stereocenters. The molecule has 0 saturated carbocycles. The molecule has 0 aromatic heterocycles. The van der Waals surface area contributed by atoms with Crippen LogP contribution in [0.15, 0.2) is 40.9 Å². The molecular formula is C15H14BrFO3. The third-order valence-electron chi connectivity index (χ3n) is 2.74. The van der Waals surface area contributed by atoms with Crippen LogP contribution in [0, 0.1) is 5.82 Å². The molecule has 2 aromatic rings. The molecule has 0 fully saturated rings. The molecule has 106 valence electrons. The normalized spacial score (nSPS) is 10.4. The van der Waals surface area contributed by atoms with Gasteiger partial charge in [-0.3, -0.25) is 0 Å². The number of benzene rings is 2. The van der Waals surface area contributed by atoms with Crippen molar-refractivity contribution in [2.24, 2.45) is 0 Å². The van der Waals surface area contributed by atoms with E-state index in [1.54, 1.807) is 24.3 Å². The Labute approximate surface area is 125 Å². The van der Waals surface area contributed by atoms with Gasteiger partial charge in [-0.2, -0.15) is 0 Å². The smallest absolute Gasteiger partial charge is 0.175 e. The maximum atomic E-state index is 13.1. The van der Waals surface area contributed by atoms with Crippen LogP contribution in [0.2, 0.25) is 0 Å². The first-order chi connectivity index (χ1) is 9.63. The predicted octanol–water partition coefficient (Wildman–Crippen LogP) is 3.67. The van der Waals surface area contributed by atoms with Crippen LogP contribution in [-0.2, 0) is 13.2 Å². The molecular weight excluding hydrogens is 327 g/mol. The van der Waals surface area contributed by atoms with Gasteiger partial charge in [-0.25, -0.2) is 4.39 Å². The summed E-state index contributed by atoms with van der Waals surface area (Å²) in [5.74, 6) is 0.738. The summed E-state index contributed by atoms with van der Waals surface area (Å²) in [7, 11) is 1.53. The van der Waals surface area contributed by atoms with Crippen LogP contribution < -0.4 is 9.47 Å². The second-order valence-corrected chi connectivity index (χ2v) is 5.04. The average molecular weight is 341 g/mol. The third kappa shape index (κ3) is 3.49. The third-order valence-corrected chi connectivity index (χ3v) is 3.33. The van der Waals surface area contributed by atoms with Gasteiger partial charge >= 0.3 is 0 Å². The molecule has 0 saturated heterocycles. The molecule has 0 spiro atoms. The summed E-state index contributed by atoms with van der Waals surface area (Å²) in [5.41, 5.74) is 1.44. The Bertz CT molecular complexity index is 602. The maximum Gasteiger partial charge on any atom is 0.175 e. The van der Waals surface area contributed by atoms with Crippen LogP contribution in [0.25, 0.3) is 0 Å². The molecule has 20 heavy (non-hydrogen) atoms. The topological polar surface area (TPSA) is 38.7 Å². The predicted molar refractivity (Wildman–Crippen MR) is 77.3 cm³/mol. The Morgan fingerprint density at radius 3 is 2.65 bits per heavy atom. The van der Waals surface area contributed by atoms with E-state index in [-0.39, 0.29) is 19.0 Å². The minimum absolute atomic E-state index is 0.0842. The van der Waals surface area contributed by atoms with Crippen molar-refractivity contribution in [3.8, 4) is 11.5 Å². The number of halogens is 2.